The van der Waals surface area contributed by atoms with Crippen molar-refractivity contribution in [2.75, 3.05) is 45.7 Å². The van der Waals surface area contributed by atoms with Crippen LogP contribution < -0.4 is 10.2 Å². The molecule has 0 radical (unpaired) electrons. The van der Waals surface area contributed by atoms with Gasteiger partial charge in [-0.25, -0.2) is 4.99 Å². The molecular weight excluding hydrogens is 455 g/mol. The van der Waals surface area contributed by atoms with Gasteiger partial charge in [0.05, 0.1) is 19.6 Å². The second-order valence-corrected chi connectivity index (χ2v) is 6.96. The van der Waals surface area contributed by atoms with Crippen LogP contribution in [-0.4, -0.2) is 57.7 Å². The molecule has 1 aliphatic rings. The number of carbonyl (C=O) groups excluding carboxylic acids is 1. The first-order valence-corrected chi connectivity index (χ1v) is 9.34. The van der Waals surface area contributed by atoms with E-state index in [9.17, 15) is 4.79 Å². The van der Waals surface area contributed by atoms with E-state index >= 15 is 0 Å². The van der Waals surface area contributed by atoms with Crippen LogP contribution in [0.25, 0.3) is 0 Å². The molecule has 1 saturated heterocycles. The topological polar surface area (TPSA) is 57.2 Å². The number of ether oxygens (including phenoxy) is 1. The minimum Gasteiger partial charge on any atom is -0.469 e. The molecule has 0 aromatic heterocycles. The van der Waals surface area contributed by atoms with Gasteiger partial charge in [0.25, 0.3) is 0 Å². The minimum absolute atomic E-state index is 0. The van der Waals surface area contributed by atoms with Gasteiger partial charge in [0.1, 0.15) is 0 Å². The summed E-state index contributed by atoms with van der Waals surface area (Å²) in [7, 11) is 5.56. The van der Waals surface area contributed by atoms with Crippen LogP contribution in [0.5, 0.6) is 0 Å². The number of guanidine groups is 1. The van der Waals surface area contributed by atoms with Crippen molar-refractivity contribution in [3.8, 4) is 0 Å². The largest absolute Gasteiger partial charge is 0.469 e. The van der Waals surface area contributed by atoms with E-state index < -0.39 is 0 Å². The number of benzene rings is 1. The summed E-state index contributed by atoms with van der Waals surface area (Å²) in [5.41, 5.74) is 3.68. The maximum absolute atomic E-state index is 11.7. The molecule has 6 nitrogen and oxygen atoms in total. The Bertz CT molecular complexity index is 641. The van der Waals surface area contributed by atoms with E-state index in [1.807, 2.05) is 14.1 Å². The number of hydrogen-bond donors (Lipinski definition) is 1. The Labute approximate surface area is 180 Å². The summed E-state index contributed by atoms with van der Waals surface area (Å²) >= 11 is 0. The second-order valence-electron chi connectivity index (χ2n) is 6.96. The van der Waals surface area contributed by atoms with E-state index in [0.717, 1.165) is 38.4 Å². The van der Waals surface area contributed by atoms with E-state index in [-0.39, 0.29) is 35.9 Å². The maximum Gasteiger partial charge on any atom is 0.308 e. The Kier molecular flexibility index (Phi) is 9.90. The zero-order valence-electron chi connectivity index (χ0n) is 17.1. The summed E-state index contributed by atoms with van der Waals surface area (Å²) < 4.78 is 4.87. The van der Waals surface area contributed by atoms with E-state index in [0.29, 0.717) is 6.54 Å². The van der Waals surface area contributed by atoms with Gasteiger partial charge in [-0.15, -0.1) is 24.0 Å². The predicted molar refractivity (Wildman–Crippen MR) is 122 cm³/mol. The Hall–Kier alpha value is -1.51. The Balaban J connectivity index is 0.00000364. The predicted octanol–water partition coefficient (Wildman–Crippen LogP) is 3.03. The molecule has 1 aliphatic heterocycles. The van der Waals surface area contributed by atoms with E-state index in [2.05, 4.69) is 47.2 Å². The lowest BCUT2D eigenvalue weighted by Crippen LogP contribution is -2.46. The lowest BCUT2D eigenvalue weighted by atomic mass is 9.97. The number of esters is 1. The lowest BCUT2D eigenvalue weighted by Gasteiger charge is -2.33. The van der Waals surface area contributed by atoms with Crippen molar-refractivity contribution in [3.05, 3.63) is 29.3 Å². The molecule has 0 bridgehead atoms. The smallest absolute Gasteiger partial charge is 0.308 e. The van der Waals surface area contributed by atoms with Crippen molar-refractivity contribution in [1.82, 2.24) is 10.2 Å². The second kappa shape index (κ2) is 11.4. The standard InChI is InChI=1S/C20H32N4O2.HI/c1-6-21-20(24-11-9-16(10-12-24)19(25)26-5)22-14-17-7-8-18(23(3)4)13-15(17)2;/h7-8,13,16H,6,9-12,14H2,1-5H3,(H,21,22);1H. The number of nitrogens with one attached hydrogen (secondary N) is 1. The van der Waals surface area contributed by atoms with Gasteiger partial charge in [0.15, 0.2) is 5.96 Å². The first kappa shape index (κ1) is 23.5. The molecule has 1 aromatic carbocycles. The fraction of sp³-hybridized carbons (Fsp3) is 0.600. The fourth-order valence-corrected chi connectivity index (χ4v) is 3.22. The third-order valence-electron chi connectivity index (χ3n) is 4.91. The van der Waals surface area contributed by atoms with Gasteiger partial charge in [-0.1, -0.05) is 6.07 Å². The van der Waals surface area contributed by atoms with Crippen LogP contribution in [0.4, 0.5) is 5.69 Å². The molecule has 0 amide bonds. The normalized spacial score (nSPS) is 15.1. The summed E-state index contributed by atoms with van der Waals surface area (Å²) in [4.78, 5) is 20.9. The van der Waals surface area contributed by atoms with Gasteiger partial charge < -0.3 is 19.9 Å². The fourth-order valence-electron chi connectivity index (χ4n) is 3.22. The molecule has 0 saturated carbocycles. The highest BCUT2D eigenvalue weighted by Crippen LogP contribution is 2.20. The molecule has 27 heavy (non-hydrogen) atoms. The summed E-state index contributed by atoms with van der Waals surface area (Å²) in [5.74, 6) is 0.843. The molecular formula is C20H33IN4O2. The number of halogens is 1. The van der Waals surface area contributed by atoms with Gasteiger partial charge >= 0.3 is 5.97 Å². The van der Waals surface area contributed by atoms with Crippen molar-refractivity contribution in [3.63, 3.8) is 0 Å². The van der Waals surface area contributed by atoms with Crippen molar-refractivity contribution in [2.24, 2.45) is 10.9 Å². The SMILES string of the molecule is CCNC(=NCc1ccc(N(C)C)cc1C)N1CCC(C(=O)OC)CC1.I. The molecule has 2 rings (SSSR count). The van der Waals surface area contributed by atoms with Crippen molar-refractivity contribution in [1.29, 1.82) is 0 Å². The molecule has 1 fully saturated rings. The Morgan fingerprint density at radius 3 is 2.52 bits per heavy atom. The van der Waals surface area contributed by atoms with E-state index in [1.165, 1.54) is 23.9 Å². The molecule has 0 unspecified atom stereocenters. The van der Waals surface area contributed by atoms with Gasteiger partial charge in [0, 0.05) is 39.4 Å². The molecule has 7 heteroatoms. The average Bonchev–Trinajstić information content (AvgIpc) is 2.65. The van der Waals surface area contributed by atoms with Crippen molar-refractivity contribution in [2.45, 2.75) is 33.2 Å². The van der Waals surface area contributed by atoms with Crippen LogP contribution >= 0.6 is 24.0 Å². The highest BCUT2D eigenvalue weighted by atomic mass is 127. The highest BCUT2D eigenvalue weighted by Gasteiger charge is 2.26. The first-order valence-electron chi connectivity index (χ1n) is 9.34. The van der Waals surface area contributed by atoms with Gasteiger partial charge in [0.2, 0.25) is 0 Å². The van der Waals surface area contributed by atoms with Crippen molar-refractivity contribution < 1.29 is 9.53 Å². The monoisotopic (exact) mass is 488 g/mol. The number of rotatable bonds is 5. The summed E-state index contributed by atoms with van der Waals surface area (Å²) in [6.45, 7) is 7.34. The van der Waals surface area contributed by atoms with Gasteiger partial charge in [-0.3, -0.25) is 4.79 Å². The van der Waals surface area contributed by atoms with Crippen LogP contribution in [0.1, 0.15) is 30.9 Å². The third-order valence-corrected chi connectivity index (χ3v) is 4.91. The summed E-state index contributed by atoms with van der Waals surface area (Å²) in [6.07, 6.45) is 1.63. The summed E-state index contributed by atoms with van der Waals surface area (Å²) in [6, 6.07) is 6.48. The van der Waals surface area contributed by atoms with Gasteiger partial charge in [-0.05, 0) is 49.9 Å². The number of nitrogens with zero attached hydrogens (tertiary/aromatic N) is 3. The van der Waals surface area contributed by atoms with Crippen molar-refractivity contribution >= 4 is 41.6 Å². The third kappa shape index (κ3) is 6.55. The quantitative estimate of drug-likeness (QED) is 0.299. The number of aliphatic imine (C=N–C) groups is 1. The van der Waals surface area contributed by atoms with E-state index in [4.69, 9.17) is 9.73 Å². The molecule has 1 N–H and O–H groups in total. The average molecular weight is 488 g/mol. The zero-order valence-corrected chi connectivity index (χ0v) is 19.4. The first-order chi connectivity index (χ1) is 12.5. The number of carbonyl (C=O) groups is 1. The summed E-state index contributed by atoms with van der Waals surface area (Å²) in [5, 5.41) is 3.38. The van der Waals surface area contributed by atoms with Crippen LogP contribution in [-0.2, 0) is 16.1 Å². The van der Waals surface area contributed by atoms with Gasteiger partial charge in [-0.2, -0.15) is 0 Å². The lowest BCUT2D eigenvalue weighted by molar-refractivity contribution is -0.146. The highest BCUT2D eigenvalue weighted by molar-refractivity contribution is 14.0. The molecule has 0 aliphatic carbocycles. The Morgan fingerprint density at radius 1 is 1.33 bits per heavy atom. The maximum atomic E-state index is 11.7. The van der Waals surface area contributed by atoms with Crippen LogP contribution in [0.3, 0.4) is 0 Å². The number of methoxy groups -OCH3 is 1. The molecule has 152 valence electrons. The molecule has 1 heterocycles. The molecule has 0 spiro atoms. The number of likely N-dealkylation sites (tertiary alicyclic amines) is 1. The van der Waals surface area contributed by atoms with E-state index in [1.54, 1.807) is 0 Å². The zero-order chi connectivity index (χ0) is 19.1. The molecule has 1 aromatic rings. The van der Waals surface area contributed by atoms with Crippen LogP contribution in [0.2, 0.25) is 0 Å². The number of piperidine rings is 1. The van der Waals surface area contributed by atoms with Crippen LogP contribution in [0, 0.1) is 12.8 Å². The molecule has 0 atom stereocenters. The van der Waals surface area contributed by atoms with Crippen LogP contribution in [0.15, 0.2) is 23.2 Å². The minimum atomic E-state index is -0.0943. The Morgan fingerprint density at radius 2 is 2.00 bits per heavy atom. The number of hydrogen-bond acceptors (Lipinski definition) is 4. The number of anilines is 1. The number of aryl methyl sites for hydroxylation is 1.